The highest BCUT2D eigenvalue weighted by molar-refractivity contribution is 5.81. The van der Waals surface area contributed by atoms with Gasteiger partial charge in [-0.1, -0.05) is 0 Å². The number of alkyl halides is 6. The standard InChI is InChI=1S/C30H29F6N5O2/c31-29(32,33)21-3-9-26-19(15-21)2-10-27(39-26)40-11-13-41(14-12-40)28(42)18-43-24-7-5-22(6-8-24)38-23-4-1-20(17-37)25(16-23)30(34,35)36/h1-4,9-10,15-16,22,24,38H,5-8,11-14,18H2/t22-,24-. The van der Waals surface area contributed by atoms with Crippen LogP contribution in [-0.4, -0.2) is 60.7 Å². The first kappa shape index (κ1) is 30.4. The van der Waals surface area contributed by atoms with Gasteiger partial charge in [-0.25, -0.2) is 4.98 Å². The molecule has 7 nitrogen and oxygen atoms in total. The molecule has 13 heteroatoms. The van der Waals surface area contributed by atoms with Crippen molar-refractivity contribution in [2.75, 3.05) is 43.0 Å². The predicted molar refractivity (Wildman–Crippen MR) is 147 cm³/mol. The first-order valence-electron chi connectivity index (χ1n) is 13.9. The summed E-state index contributed by atoms with van der Waals surface area (Å²) in [7, 11) is 0. The molecule has 2 aliphatic rings. The number of hydrogen-bond donors (Lipinski definition) is 1. The smallest absolute Gasteiger partial charge is 0.382 e. The number of rotatable bonds is 6. The molecule has 1 saturated heterocycles. The van der Waals surface area contributed by atoms with Crippen LogP contribution in [0.2, 0.25) is 0 Å². The van der Waals surface area contributed by atoms with Crippen LogP contribution in [-0.2, 0) is 21.9 Å². The maximum absolute atomic E-state index is 13.3. The number of nitrogens with zero attached hydrogens (tertiary/aromatic N) is 4. The Morgan fingerprint density at radius 1 is 0.930 bits per heavy atom. The fraction of sp³-hybridized carbons (Fsp3) is 0.433. The van der Waals surface area contributed by atoms with Crippen LogP contribution in [0, 0.1) is 11.3 Å². The van der Waals surface area contributed by atoms with Crippen LogP contribution < -0.4 is 10.2 Å². The Bertz CT molecular complexity index is 1500. The zero-order valence-electron chi connectivity index (χ0n) is 23.0. The molecule has 1 saturated carbocycles. The summed E-state index contributed by atoms with van der Waals surface area (Å²) in [5, 5.41) is 12.5. The molecule has 1 aliphatic carbocycles. The van der Waals surface area contributed by atoms with E-state index in [0.717, 1.165) is 18.2 Å². The number of halogens is 6. The Morgan fingerprint density at radius 2 is 1.65 bits per heavy atom. The number of amides is 1. The lowest BCUT2D eigenvalue weighted by atomic mass is 9.92. The Hall–Kier alpha value is -4.05. The van der Waals surface area contributed by atoms with Crippen LogP contribution in [0.4, 0.5) is 37.8 Å². The van der Waals surface area contributed by atoms with E-state index in [9.17, 15) is 31.1 Å². The van der Waals surface area contributed by atoms with Gasteiger partial charge in [-0.2, -0.15) is 31.6 Å². The normalized spacial score (nSPS) is 19.7. The quantitative estimate of drug-likeness (QED) is 0.336. The van der Waals surface area contributed by atoms with Crippen molar-refractivity contribution >= 4 is 28.3 Å². The van der Waals surface area contributed by atoms with Crippen LogP contribution in [0.5, 0.6) is 0 Å². The van der Waals surface area contributed by atoms with Crippen LogP contribution in [0.3, 0.4) is 0 Å². The minimum atomic E-state index is -4.62. The number of anilines is 2. The molecule has 0 spiro atoms. The van der Waals surface area contributed by atoms with E-state index in [4.69, 9.17) is 10.00 Å². The van der Waals surface area contributed by atoms with Gasteiger partial charge in [-0.15, -0.1) is 0 Å². The topological polar surface area (TPSA) is 81.5 Å². The number of pyridine rings is 1. The Kier molecular flexibility index (Phi) is 8.69. The van der Waals surface area contributed by atoms with E-state index in [1.807, 2.05) is 4.90 Å². The van der Waals surface area contributed by atoms with Crippen molar-refractivity contribution in [2.45, 2.75) is 50.2 Å². The van der Waals surface area contributed by atoms with E-state index in [1.165, 1.54) is 18.2 Å². The summed E-state index contributed by atoms with van der Waals surface area (Å²) < 4.78 is 84.6. The molecule has 5 rings (SSSR count). The largest absolute Gasteiger partial charge is 0.417 e. The molecule has 1 N–H and O–H groups in total. The summed E-state index contributed by atoms with van der Waals surface area (Å²) in [6, 6.07) is 11.9. The van der Waals surface area contributed by atoms with Crippen molar-refractivity contribution in [1.82, 2.24) is 9.88 Å². The van der Waals surface area contributed by atoms with E-state index in [-0.39, 0.29) is 24.7 Å². The molecule has 1 aliphatic heterocycles. The lowest BCUT2D eigenvalue weighted by Gasteiger charge is -2.36. The first-order valence-corrected chi connectivity index (χ1v) is 13.9. The van der Waals surface area contributed by atoms with Gasteiger partial charge in [0, 0.05) is 43.3 Å². The Morgan fingerprint density at radius 3 is 2.30 bits per heavy atom. The minimum Gasteiger partial charge on any atom is -0.382 e. The third kappa shape index (κ3) is 7.30. The third-order valence-electron chi connectivity index (χ3n) is 7.89. The molecule has 0 bridgehead atoms. The van der Waals surface area contributed by atoms with E-state index < -0.39 is 29.0 Å². The molecule has 3 aromatic rings. The van der Waals surface area contributed by atoms with Gasteiger partial charge in [0.25, 0.3) is 0 Å². The van der Waals surface area contributed by atoms with Crippen molar-refractivity contribution in [1.29, 1.82) is 5.26 Å². The SMILES string of the molecule is N#Cc1ccc(N[C@H]2CC[C@H](OCC(=O)N3CCN(c4ccc5cc(C(F)(F)F)ccc5n4)CC3)CC2)cc1C(F)(F)F. The second kappa shape index (κ2) is 12.3. The molecule has 0 radical (unpaired) electrons. The van der Waals surface area contributed by atoms with Crippen molar-refractivity contribution < 1.29 is 35.9 Å². The number of carbonyl (C=O) groups excluding carboxylic acids is 1. The van der Waals surface area contributed by atoms with E-state index in [1.54, 1.807) is 23.1 Å². The van der Waals surface area contributed by atoms with Gasteiger partial charge in [0.05, 0.1) is 34.4 Å². The summed E-state index contributed by atoms with van der Waals surface area (Å²) in [4.78, 5) is 21.0. The fourth-order valence-electron chi connectivity index (χ4n) is 5.51. The van der Waals surface area contributed by atoms with Crippen molar-refractivity contribution in [3.63, 3.8) is 0 Å². The highest BCUT2D eigenvalue weighted by atomic mass is 19.4. The van der Waals surface area contributed by atoms with Crippen molar-refractivity contribution in [2.24, 2.45) is 0 Å². The first-order chi connectivity index (χ1) is 20.4. The number of benzene rings is 2. The van der Waals surface area contributed by atoms with Gasteiger partial charge in [0.1, 0.15) is 12.4 Å². The number of carbonyl (C=O) groups is 1. The zero-order valence-corrected chi connectivity index (χ0v) is 23.0. The molecule has 0 unspecified atom stereocenters. The number of nitrogens with one attached hydrogen (secondary N) is 1. The van der Waals surface area contributed by atoms with Crippen molar-refractivity contribution in [3.8, 4) is 6.07 Å². The highest BCUT2D eigenvalue weighted by Gasteiger charge is 2.34. The van der Waals surface area contributed by atoms with Crippen molar-refractivity contribution in [3.05, 3.63) is 65.2 Å². The number of piperazine rings is 1. The van der Waals surface area contributed by atoms with Crippen LogP contribution >= 0.6 is 0 Å². The van der Waals surface area contributed by atoms with Crippen LogP contribution in [0.15, 0.2) is 48.5 Å². The molecule has 2 heterocycles. The van der Waals surface area contributed by atoms with Gasteiger partial charge < -0.3 is 19.9 Å². The Labute approximate surface area is 244 Å². The second-order valence-corrected chi connectivity index (χ2v) is 10.7. The lowest BCUT2D eigenvalue weighted by molar-refractivity contribution is -0.139. The summed E-state index contributed by atoms with van der Waals surface area (Å²) in [6.07, 6.45) is -6.54. The van der Waals surface area contributed by atoms with E-state index in [2.05, 4.69) is 10.3 Å². The monoisotopic (exact) mass is 605 g/mol. The van der Waals surface area contributed by atoms with Gasteiger partial charge in [-0.05, 0) is 74.2 Å². The molecule has 1 aromatic heterocycles. The van der Waals surface area contributed by atoms with E-state index >= 15 is 0 Å². The van der Waals surface area contributed by atoms with E-state index in [0.29, 0.717) is 74.3 Å². The summed E-state index contributed by atoms with van der Waals surface area (Å²) in [6.45, 7) is 1.88. The average molecular weight is 606 g/mol. The molecular weight excluding hydrogens is 576 g/mol. The van der Waals surface area contributed by atoms with Crippen LogP contribution in [0.25, 0.3) is 10.9 Å². The van der Waals surface area contributed by atoms with Gasteiger partial charge in [0.2, 0.25) is 5.91 Å². The molecule has 2 fully saturated rings. The Balaban J connectivity index is 1.06. The molecule has 0 atom stereocenters. The predicted octanol–water partition coefficient (Wildman–Crippen LogP) is 6.23. The second-order valence-electron chi connectivity index (χ2n) is 10.7. The molecule has 228 valence electrons. The number of nitriles is 1. The summed E-state index contributed by atoms with van der Waals surface area (Å²) >= 11 is 0. The molecular formula is C30H29F6N5O2. The maximum Gasteiger partial charge on any atom is 0.417 e. The van der Waals surface area contributed by atoms with Crippen LogP contribution in [0.1, 0.15) is 42.4 Å². The average Bonchev–Trinajstić information content (AvgIpc) is 2.99. The van der Waals surface area contributed by atoms with Gasteiger partial charge in [-0.3, -0.25) is 4.79 Å². The number of fused-ring (bicyclic) bond motifs is 1. The molecule has 43 heavy (non-hydrogen) atoms. The fourth-order valence-corrected chi connectivity index (χ4v) is 5.51. The van der Waals surface area contributed by atoms with Gasteiger partial charge in [0.15, 0.2) is 0 Å². The molecule has 1 amide bonds. The lowest BCUT2D eigenvalue weighted by Crippen LogP contribution is -2.50. The zero-order chi connectivity index (χ0) is 30.8. The molecule has 2 aromatic carbocycles. The third-order valence-corrected chi connectivity index (χ3v) is 7.89. The highest BCUT2D eigenvalue weighted by Crippen LogP contribution is 2.35. The minimum absolute atomic E-state index is 0.0481. The number of ether oxygens (including phenoxy) is 1. The summed E-state index contributed by atoms with van der Waals surface area (Å²) in [5.74, 6) is 0.500. The number of hydrogen-bond acceptors (Lipinski definition) is 6. The number of aromatic nitrogens is 1. The van der Waals surface area contributed by atoms with Gasteiger partial charge >= 0.3 is 12.4 Å². The summed E-state index contributed by atoms with van der Waals surface area (Å²) in [5.41, 5.74) is -1.34. The maximum atomic E-state index is 13.3.